The minimum atomic E-state index is -2.12. The Kier molecular flexibility index (Phi) is 31.3. The molecule has 0 aromatic rings. The molecule has 3 saturated carbocycles. The van der Waals surface area contributed by atoms with Crippen molar-refractivity contribution in [1.82, 2.24) is 0 Å². The van der Waals surface area contributed by atoms with Gasteiger partial charge in [0.15, 0.2) is 24.3 Å². The molecule has 0 amide bonds. The predicted molar refractivity (Wildman–Crippen MR) is 314 cm³/mol. The fourth-order valence-electron chi connectivity index (χ4n) is 13.2. The minimum Gasteiger partial charge on any atom is -0.466 e. The van der Waals surface area contributed by atoms with Crippen molar-refractivity contribution in [2.45, 2.75) is 270 Å². The number of ether oxygens (including phenoxy) is 4. The zero-order valence-corrected chi connectivity index (χ0v) is 50.0. The lowest BCUT2D eigenvalue weighted by Gasteiger charge is -2.62. The number of esters is 3. The molecule has 10 atom stereocenters. The Bertz CT molecular complexity index is 2080. The summed E-state index contributed by atoms with van der Waals surface area (Å²) >= 11 is 0. The first-order chi connectivity index (χ1) is 38.5. The number of fused-ring (bicyclic) bond motifs is 5. The van der Waals surface area contributed by atoms with Crippen LogP contribution in [0.3, 0.4) is 0 Å². The van der Waals surface area contributed by atoms with Gasteiger partial charge in [0, 0.05) is 36.0 Å². The van der Waals surface area contributed by atoms with Gasteiger partial charge >= 0.3 is 17.9 Å². The number of ketones is 2. The van der Waals surface area contributed by atoms with Gasteiger partial charge in [0.1, 0.15) is 5.60 Å². The van der Waals surface area contributed by atoms with Crippen LogP contribution < -0.4 is 0 Å². The Morgan fingerprint density at radius 3 is 1.76 bits per heavy atom. The molecule has 3 fully saturated rings. The molecule has 0 aromatic carbocycles. The van der Waals surface area contributed by atoms with Crippen molar-refractivity contribution >= 4 is 29.5 Å². The van der Waals surface area contributed by atoms with E-state index in [2.05, 4.69) is 62.5 Å². The van der Waals surface area contributed by atoms with Crippen molar-refractivity contribution < 1.29 is 62.6 Å². The van der Waals surface area contributed by atoms with E-state index in [-0.39, 0.29) is 50.6 Å². The van der Waals surface area contributed by atoms with Crippen LogP contribution in [0, 0.1) is 28.6 Å². The van der Waals surface area contributed by atoms with E-state index in [1.807, 2.05) is 0 Å². The fourth-order valence-corrected chi connectivity index (χ4v) is 13.2. The standard InChI is InChI=1S/C67H105FO12/c1-6-8-10-12-14-16-18-20-22-24-26-28-30-32-34-36-60(72)77-46-43-55(80-63(75)37-35-33-31-29-27-25-23-21-19-17-15-13-11-9-7-2)44-47-78-61(73)40-41-62(74)79-51-59(71)67(76)52(3)48-57-56-39-38-53-49-54(69)42-45-64(53,4)66(56,68)58(70)50-65(57,67)5/h15-18,21-24,42,45,49,52,55-58,63,70,75-76H,6-14,19-20,25-41,43-44,46-48,50-51H2,1-5H3/b17-15-,18-16-,23-21-,24-22-/t52-,55?,56+,57+,58+,63?,64+,65+,66+,67+/m1/s1. The van der Waals surface area contributed by atoms with E-state index in [0.29, 0.717) is 44.1 Å². The second kappa shape index (κ2) is 36.5. The molecule has 13 heteroatoms. The van der Waals surface area contributed by atoms with Gasteiger partial charge in [-0.15, -0.1) is 0 Å². The maximum Gasteiger partial charge on any atom is 0.306 e. The first kappa shape index (κ1) is 68.5. The molecule has 4 aliphatic carbocycles. The van der Waals surface area contributed by atoms with Gasteiger partial charge in [-0.25, -0.2) is 4.39 Å². The van der Waals surface area contributed by atoms with E-state index in [1.165, 1.54) is 57.1 Å². The van der Waals surface area contributed by atoms with Crippen molar-refractivity contribution in [1.29, 1.82) is 0 Å². The molecule has 4 rings (SSSR count). The van der Waals surface area contributed by atoms with Gasteiger partial charge in [-0.3, -0.25) is 24.0 Å². The molecule has 12 nitrogen and oxygen atoms in total. The third-order valence-corrected chi connectivity index (χ3v) is 18.0. The third-order valence-electron chi connectivity index (χ3n) is 18.0. The van der Waals surface area contributed by atoms with Crippen LogP contribution in [0.2, 0.25) is 0 Å². The van der Waals surface area contributed by atoms with Crippen LogP contribution >= 0.6 is 0 Å². The molecular formula is C67H105FO12. The van der Waals surface area contributed by atoms with E-state index >= 15 is 4.39 Å². The molecule has 0 spiro atoms. The van der Waals surface area contributed by atoms with Crippen LogP contribution in [-0.2, 0) is 42.9 Å². The molecule has 0 bridgehead atoms. The summed E-state index contributed by atoms with van der Waals surface area (Å²) in [7, 11) is 0. The number of aliphatic hydroxyl groups is 3. The molecular weight excluding hydrogens is 1020 g/mol. The summed E-state index contributed by atoms with van der Waals surface area (Å²) in [5.41, 5.74) is -5.95. The van der Waals surface area contributed by atoms with Gasteiger partial charge in [0.25, 0.3) is 0 Å². The number of hydrogen-bond donors (Lipinski definition) is 3. The summed E-state index contributed by atoms with van der Waals surface area (Å²) < 4.78 is 40.0. The Labute approximate surface area is 480 Å². The number of allylic oxidation sites excluding steroid dienone is 12. The average molecular weight is 1120 g/mol. The lowest BCUT2D eigenvalue weighted by atomic mass is 9.44. The van der Waals surface area contributed by atoms with Crippen LogP contribution in [0.1, 0.15) is 240 Å². The summed E-state index contributed by atoms with van der Waals surface area (Å²) in [6.45, 7) is 8.85. The lowest BCUT2D eigenvalue weighted by Crippen LogP contribution is -2.69. The third kappa shape index (κ3) is 20.7. The van der Waals surface area contributed by atoms with Crippen LogP contribution in [0.4, 0.5) is 4.39 Å². The highest BCUT2D eigenvalue weighted by atomic mass is 19.1. The smallest absolute Gasteiger partial charge is 0.306 e. The Morgan fingerprint density at radius 1 is 0.675 bits per heavy atom. The van der Waals surface area contributed by atoms with E-state index in [4.69, 9.17) is 18.9 Å². The van der Waals surface area contributed by atoms with Gasteiger partial charge in [0.05, 0.1) is 38.3 Å². The maximum absolute atomic E-state index is 17.6. The van der Waals surface area contributed by atoms with Gasteiger partial charge in [-0.05, 0) is 140 Å². The predicted octanol–water partition coefficient (Wildman–Crippen LogP) is 14.4. The number of carbonyl (C=O) groups is 5. The topological polar surface area (TPSA) is 183 Å². The summed E-state index contributed by atoms with van der Waals surface area (Å²) in [5.74, 6) is -4.57. The van der Waals surface area contributed by atoms with E-state index in [0.717, 1.165) is 96.3 Å². The van der Waals surface area contributed by atoms with E-state index in [9.17, 15) is 39.3 Å². The quantitative estimate of drug-likeness (QED) is 0.0173. The average Bonchev–Trinajstić information content (AvgIpc) is 3.63. The number of carbonyl (C=O) groups excluding carboxylic acids is 5. The molecule has 452 valence electrons. The molecule has 0 saturated heterocycles. The first-order valence-electron chi connectivity index (χ1n) is 31.4. The Hall–Kier alpha value is -4.04. The normalized spacial score (nSPS) is 27.1. The van der Waals surface area contributed by atoms with Crippen LogP contribution in [0.15, 0.2) is 72.4 Å². The molecule has 80 heavy (non-hydrogen) atoms. The van der Waals surface area contributed by atoms with Crippen LogP contribution in [0.5, 0.6) is 0 Å². The first-order valence-corrected chi connectivity index (χ1v) is 31.4. The van der Waals surface area contributed by atoms with Crippen molar-refractivity contribution in [2.75, 3.05) is 19.8 Å². The number of unbranched alkanes of at least 4 members (excludes halogenated alkanes) is 16. The SMILES string of the molecule is CCCCC/C=C\C/C=C\CCCCCCCC(O)OC(CCOC(=O)CCCCCC/C=C\C/C=C\CCCCCC)CCOC(=O)CCC(=O)OCC(=O)[C@@]1(O)[C@H](C)C[C@H]2[C@@H]3CCC4=CC(=O)C=C[C@]4(C)[C@@]3(F)[C@@H](O)C[C@@]21C. The second-order valence-electron chi connectivity index (χ2n) is 24.0. The van der Waals surface area contributed by atoms with Crippen LogP contribution in [0.25, 0.3) is 0 Å². The summed E-state index contributed by atoms with van der Waals surface area (Å²) in [6.07, 6.45) is 44.8. The zero-order valence-electron chi connectivity index (χ0n) is 50.0. The molecule has 0 aliphatic heterocycles. The maximum atomic E-state index is 17.6. The summed E-state index contributed by atoms with van der Waals surface area (Å²) in [5, 5.41) is 34.8. The lowest BCUT2D eigenvalue weighted by molar-refractivity contribution is -0.220. The molecule has 3 N–H and O–H groups in total. The Balaban J connectivity index is 1.17. The number of halogens is 1. The molecule has 0 heterocycles. The number of Topliss-reactive ketones (excluding diaryl/α,β-unsaturated/α-hetero) is 1. The van der Waals surface area contributed by atoms with Gasteiger partial charge in [-0.1, -0.05) is 152 Å². The highest BCUT2D eigenvalue weighted by molar-refractivity contribution is 6.01. The van der Waals surface area contributed by atoms with Gasteiger partial charge in [0.2, 0.25) is 5.78 Å². The monoisotopic (exact) mass is 1120 g/mol. The number of hydrogen-bond acceptors (Lipinski definition) is 12. The molecule has 2 unspecified atom stereocenters. The molecule has 0 radical (unpaired) electrons. The molecule has 4 aliphatic rings. The number of rotatable bonds is 42. The summed E-state index contributed by atoms with van der Waals surface area (Å²) in [4.78, 5) is 64.6. The van der Waals surface area contributed by atoms with Crippen molar-refractivity contribution in [2.24, 2.45) is 28.6 Å². The highest BCUT2D eigenvalue weighted by Gasteiger charge is 2.75. The summed E-state index contributed by atoms with van der Waals surface area (Å²) in [6, 6.07) is 0. The van der Waals surface area contributed by atoms with Gasteiger partial charge in [-0.2, -0.15) is 0 Å². The fraction of sp³-hybridized carbons (Fsp3) is 0.746. The molecule has 0 aromatic heterocycles. The highest BCUT2D eigenvalue weighted by Crippen LogP contribution is 2.70. The van der Waals surface area contributed by atoms with Crippen molar-refractivity contribution in [3.8, 4) is 0 Å². The number of aliphatic hydroxyl groups excluding tert-OH is 2. The van der Waals surface area contributed by atoms with Crippen molar-refractivity contribution in [3.63, 3.8) is 0 Å². The van der Waals surface area contributed by atoms with Crippen molar-refractivity contribution in [3.05, 3.63) is 72.4 Å². The Morgan fingerprint density at radius 2 is 1.18 bits per heavy atom. The van der Waals surface area contributed by atoms with Crippen LogP contribution in [-0.4, -0.2) is 94.4 Å². The van der Waals surface area contributed by atoms with Gasteiger partial charge < -0.3 is 34.3 Å². The van der Waals surface area contributed by atoms with E-state index in [1.54, 1.807) is 26.8 Å². The van der Waals surface area contributed by atoms with E-state index < -0.39 is 82.7 Å². The largest absolute Gasteiger partial charge is 0.466 e. The zero-order chi connectivity index (χ0) is 58.3. The minimum absolute atomic E-state index is 0.0742. The number of alkyl halides is 1. The second-order valence-corrected chi connectivity index (χ2v) is 24.0.